The number of nitrogens with zero attached hydrogens (tertiary/aromatic N) is 1. The van der Waals surface area contributed by atoms with Crippen LogP contribution in [0, 0.1) is 13.8 Å². The van der Waals surface area contributed by atoms with Crippen molar-refractivity contribution in [1.82, 2.24) is 5.32 Å². The summed E-state index contributed by atoms with van der Waals surface area (Å²) in [6.45, 7) is 5.94. The Kier molecular flexibility index (Phi) is 7.48. The SMILES string of the molecule is CCOc1cc(/C=C2\C(=O)NC(=O)N(c3cccc(C)c3C)C2=O)cc(Cl)c1Cc1ccccc1Cl. The molecule has 6 nitrogen and oxygen atoms in total. The molecule has 1 saturated heterocycles. The van der Waals surface area contributed by atoms with Gasteiger partial charge in [0.15, 0.2) is 0 Å². The van der Waals surface area contributed by atoms with Crippen LogP contribution in [0.25, 0.3) is 6.08 Å². The zero-order valence-electron chi connectivity index (χ0n) is 20.0. The van der Waals surface area contributed by atoms with Crippen molar-refractivity contribution in [3.05, 3.63) is 98.0 Å². The van der Waals surface area contributed by atoms with Gasteiger partial charge in [0.2, 0.25) is 0 Å². The van der Waals surface area contributed by atoms with Crippen molar-refractivity contribution >= 4 is 52.8 Å². The predicted molar refractivity (Wildman–Crippen MR) is 142 cm³/mol. The molecule has 0 spiro atoms. The molecule has 3 aromatic rings. The molecule has 1 heterocycles. The van der Waals surface area contributed by atoms with Crippen LogP contribution in [0.15, 0.2) is 60.2 Å². The average molecular weight is 523 g/mol. The van der Waals surface area contributed by atoms with Crippen LogP contribution >= 0.6 is 23.2 Å². The summed E-state index contributed by atoms with van der Waals surface area (Å²) in [5.41, 5.74) is 4.02. The maximum absolute atomic E-state index is 13.4. The smallest absolute Gasteiger partial charge is 0.335 e. The summed E-state index contributed by atoms with van der Waals surface area (Å²) >= 11 is 13.0. The van der Waals surface area contributed by atoms with Crippen molar-refractivity contribution in [2.75, 3.05) is 11.5 Å². The lowest BCUT2D eigenvalue weighted by Gasteiger charge is -2.28. The molecule has 0 aromatic heterocycles. The lowest BCUT2D eigenvalue weighted by molar-refractivity contribution is -0.122. The van der Waals surface area contributed by atoms with Gasteiger partial charge in [0.05, 0.1) is 12.3 Å². The van der Waals surface area contributed by atoms with E-state index in [-0.39, 0.29) is 5.57 Å². The highest BCUT2D eigenvalue weighted by molar-refractivity contribution is 6.39. The average Bonchev–Trinajstić information content (AvgIpc) is 2.83. The van der Waals surface area contributed by atoms with Gasteiger partial charge >= 0.3 is 6.03 Å². The molecule has 8 heteroatoms. The van der Waals surface area contributed by atoms with Crippen LogP contribution in [0.4, 0.5) is 10.5 Å². The molecule has 0 bridgehead atoms. The molecule has 0 atom stereocenters. The molecule has 0 saturated carbocycles. The van der Waals surface area contributed by atoms with Crippen molar-refractivity contribution < 1.29 is 19.1 Å². The molecule has 4 rings (SSSR count). The van der Waals surface area contributed by atoms with Crippen LogP contribution in [0.2, 0.25) is 10.0 Å². The van der Waals surface area contributed by atoms with Gasteiger partial charge in [-0.15, -0.1) is 0 Å². The third-order valence-corrected chi connectivity index (χ3v) is 6.74. The van der Waals surface area contributed by atoms with Crippen molar-refractivity contribution in [3.8, 4) is 5.75 Å². The van der Waals surface area contributed by atoms with E-state index in [1.54, 1.807) is 30.3 Å². The standard InChI is InChI=1S/C28H24Cl2N2O4/c1-4-36-25-14-18(13-23(30)20(25)15-19-9-5-6-10-22(19)29)12-21-26(33)31-28(35)32(27(21)34)24-11-7-8-16(2)17(24)3/h5-14H,4,15H2,1-3H3,(H,31,33,35)/b21-12+. The number of hydrogen-bond donors (Lipinski definition) is 1. The van der Waals surface area contributed by atoms with E-state index >= 15 is 0 Å². The Balaban J connectivity index is 1.75. The first-order valence-corrected chi connectivity index (χ1v) is 12.1. The fourth-order valence-corrected chi connectivity index (χ4v) is 4.51. The fraction of sp³-hybridized carbons (Fsp3) is 0.179. The number of imide groups is 2. The fourth-order valence-electron chi connectivity index (χ4n) is 4.02. The number of ether oxygens (including phenoxy) is 1. The minimum absolute atomic E-state index is 0.187. The number of benzene rings is 3. The first-order valence-electron chi connectivity index (χ1n) is 11.4. The number of carbonyl (C=O) groups excluding carboxylic acids is 3. The van der Waals surface area contributed by atoms with Gasteiger partial charge in [-0.3, -0.25) is 14.9 Å². The minimum atomic E-state index is -0.793. The maximum Gasteiger partial charge on any atom is 0.335 e. The molecular formula is C28H24Cl2N2O4. The van der Waals surface area contributed by atoms with Crippen LogP contribution in [-0.4, -0.2) is 24.5 Å². The van der Waals surface area contributed by atoms with E-state index in [4.69, 9.17) is 27.9 Å². The van der Waals surface area contributed by atoms with E-state index in [1.807, 2.05) is 45.0 Å². The molecular weight excluding hydrogens is 499 g/mol. The predicted octanol–water partition coefficient (Wildman–Crippen LogP) is 6.27. The lowest BCUT2D eigenvalue weighted by atomic mass is 10.00. The summed E-state index contributed by atoms with van der Waals surface area (Å²) in [5.74, 6) is -0.977. The Morgan fingerprint density at radius 3 is 2.44 bits per heavy atom. The first-order chi connectivity index (χ1) is 17.2. The number of anilines is 1. The Morgan fingerprint density at radius 2 is 1.72 bits per heavy atom. The topological polar surface area (TPSA) is 75.7 Å². The lowest BCUT2D eigenvalue weighted by Crippen LogP contribution is -2.54. The molecule has 3 aromatic carbocycles. The van der Waals surface area contributed by atoms with Gasteiger partial charge in [-0.1, -0.05) is 53.5 Å². The number of hydrogen-bond acceptors (Lipinski definition) is 4. The van der Waals surface area contributed by atoms with Crippen molar-refractivity contribution in [3.63, 3.8) is 0 Å². The van der Waals surface area contributed by atoms with Crippen molar-refractivity contribution in [2.24, 2.45) is 0 Å². The third kappa shape index (κ3) is 5.01. The van der Waals surface area contributed by atoms with Gasteiger partial charge in [-0.25, -0.2) is 9.69 Å². The Morgan fingerprint density at radius 1 is 0.972 bits per heavy atom. The number of urea groups is 1. The second-order valence-corrected chi connectivity index (χ2v) is 9.17. The van der Waals surface area contributed by atoms with Crippen molar-refractivity contribution in [1.29, 1.82) is 0 Å². The van der Waals surface area contributed by atoms with Gasteiger partial charge in [-0.2, -0.15) is 0 Å². The van der Waals surface area contributed by atoms with Gasteiger partial charge < -0.3 is 4.74 Å². The van der Waals surface area contributed by atoms with E-state index in [0.29, 0.717) is 40.1 Å². The molecule has 0 radical (unpaired) electrons. The number of carbonyl (C=O) groups is 3. The highest BCUT2D eigenvalue weighted by Gasteiger charge is 2.37. The van der Waals surface area contributed by atoms with E-state index in [0.717, 1.165) is 27.2 Å². The summed E-state index contributed by atoms with van der Waals surface area (Å²) in [6, 6.07) is 15.3. The molecule has 0 aliphatic carbocycles. The quantitative estimate of drug-likeness (QED) is 0.306. The molecule has 36 heavy (non-hydrogen) atoms. The second kappa shape index (κ2) is 10.6. The number of aryl methyl sites for hydroxylation is 1. The van der Waals surface area contributed by atoms with Crippen LogP contribution in [0.3, 0.4) is 0 Å². The molecule has 1 N–H and O–H groups in total. The highest BCUT2D eigenvalue weighted by atomic mass is 35.5. The zero-order chi connectivity index (χ0) is 26.0. The molecule has 184 valence electrons. The number of amides is 4. The van der Waals surface area contributed by atoms with Crippen molar-refractivity contribution in [2.45, 2.75) is 27.2 Å². The van der Waals surface area contributed by atoms with Gasteiger partial charge in [-0.05, 0) is 73.4 Å². The molecule has 4 amide bonds. The number of nitrogens with one attached hydrogen (secondary N) is 1. The van der Waals surface area contributed by atoms with Gasteiger partial charge in [0, 0.05) is 22.0 Å². The first kappa shape index (κ1) is 25.5. The third-order valence-electron chi connectivity index (χ3n) is 6.03. The van der Waals surface area contributed by atoms with Crippen LogP contribution in [0.5, 0.6) is 5.75 Å². The second-order valence-electron chi connectivity index (χ2n) is 8.36. The highest BCUT2D eigenvalue weighted by Crippen LogP contribution is 2.34. The summed E-state index contributed by atoms with van der Waals surface area (Å²) in [5, 5.41) is 3.28. The number of halogens is 2. The van der Waals surface area contributed by atoms with Crippen LogP contribution in [0.1, 0.15) is 34.7 Å². The summed E-state index contributed by atoms with van der Waals surface area (Å²) < 4.78 is 5.84. The van der Waals surface area contributed by atoms with E-state index < -0.39 is 17.8 Å². The number of barbiturate groups is 1. The van der Waals surface area contributed by atoms with E-state index in [1.165, 1.54) is 6.08 Å². The normalized spacial score (nSPS) is 14.9. The summed E-state index contributed by atoms with van der Waals surface area (Å²) in [7, 11) is 0. The van der Waals surface area contributed by atoms with E-state index in [9.17, 15) is 14.4 Å². The molecule has 1 fully saturated rings. The Bertz CT molecular complexity index is 1410. The van der Waals surface area contributed by atoms with Gasteiger partial charge in [0.25, 0.3) is 11.8 Å². The Labute approximate surface area is 219 Å². The van der Waals surface area contributed by atoms with E-state index in [2.05, 4.69) is 5.32 Å². The van der Waals surface area contributed by atoms with Crippen LogP contribution in [-0.2, 0) is 16.0 Å². The number of rotatable bonds is 6. The Hall–Kier alpha value is -3.61. The minimum Gasteiger partial charge on any atom is -0.494 e. The summed E-state index contributed by atoms with van der Waals surface area (Å²) in [6.07, 6.45) is 1.86. The monoisotopic (exact) mass is 522 g/mol. The molecule has 1 aliphatic heterocycles. The molecule has 0 unspecified atom stereocenters. The van der Waals surface area contributed by atoms with Gasteiger partial charge in [0.1, 0.15) is 11.3 Å². The summed E-state index contributed by atoms with van der Waals surface area (Å²) in [4.78, 5) is 39.6. The largest absolute Gasteiger partial charge is 0.494 e. The van der Waals surface area contributed by atoms with Crippen LogP contribution < -0.4 is 15.0 Å². The molecule has 1 aliphatic rings. The maximum atomic E-state index is 13.4. The zero-order valence-corrected chi connectivity index (χ0v) is 21.5.